The van der Waals surface area contributed by atoms with Gasteiger partial charge in [0.25, 0.3) is 11.6 Å². The summed E-state index contributed by atoms with van der Waals surface area (Å²) in [7, 11) is -3.96. The van der Waals surface area contributed by atoms with E-state index in [0.717, 1.165) is 6.07 Å². The molecule has 0 heterocycles. The van der Waals surface area contributed by atoms with E-state index in [1.165, 1.54) is 25.1 Å². The number of hydrogen-bond donors (Lipinski definition) is 2. The van der Waals surface area contributed by atoms with Crippen molar-refractivity contribution in [3.8, 4) is 5.75 Å². The van der Waals surface area contributed by atoms with Gasteiger partial charge in [-0.3, -0.25) is 14.9 Å². The first-order valence-electron chi connectivity index (χ1n) is 8.24. The number of sulfonamides is 1. The molecule has 2 N–H and O–H groups in total. The van der Waals surface area contributed by atoms with Crippen LogP contribution in [0.5, 0.6) is 5.75 Å². The van der Waals surface area contributed by atoms with Gasteiger partial charge in [-0.05, 0) is 25.1 Å². The molecule has 0 aliphatic rings. The van der Waals surface area contributed by atoms with Gasteiger partial charge in [0.1, 0.15) is 10.8 Å². The van der Waals surface area contributed by atoms with Crippen molar-refractivity contribution in [3.63, 3.8) is 0 Å². The minimum atomic E-state index is -3.96. The third-order valence-corrected chi connectivity index (χ3v) is 5.90. The molecule has 29 heavy (non-hydrogen) atoms. The number of nitro benzene ring substituents is 1. The summed E-state index contributed by atoms with van der Waals surface area (Å²) < 4.78 is 32.1. The van der Waals surface area contributed by atoms with Gasteiger partial charge in [-0.2, -0.15) is 0 Å². The second-order valence-electron chi connectivity index (χ2n) is 5.76. The highest BCUT2D eigenvalue weighted by Gasteiger charge is 2.19. The fraction of sp³-hybridized carbons (Fsp3) is 0.235. The molecule has 2 aromatic rings. The summed E-state index contributed by atoms with van der Waals surface area (Å²) in [5.41, 5.74) is -0.341. The molecule has 1 unspecified atom stereocenters. The van der Waals surface area contributed by atoms with Crippen molar-refractivity contribution in [2.45, 2.75) is 17.9 Å². The highest BCUT2D eigenvalue weighted by molar-refractivity contribution is 7.89. The summed E-state index contributed by atoms with van der Waals surface area (Å²) in [4.78, 5) is 21.9. The van der Waals surface area contributed by atoms with Crippen LogP contribution < -0.4 is 14.8 Å². The van der Waals surface area contributed by atoms with Crippen molar-refractivity contribution in [3.05, 3.63) is 62.6 Å². The lowest BCUT2D eigenvalue weighted by Crippen LogP contribution is -2.40. The van der Waals surface area contributed by atoms with Crippen LogP contribution in [0.4, 0.5) is 5.69 Å². The zero-order valence-electron chi connectivity index (χ0n) is 15.1. The molecule has 156 valence electrons. The first-order chi connectivity index (χ1) is 13.6. The fourth-order valence-electron chi connectivity index (χ4n) is 2.18. The Morgan fingerprint density at radius 1 is 1.21 bits per heavy atom. The number of carbonyl (C=O) groups is 1. The molecule has 0 aromatic heterocycles. The highest BCUT2D eigenvalue weighted by atomic mass is 35.5. The molecule has 0 aliphatic carbocycles. The number of halogens is 2. The number of carbonyl (C=O) groups excluding carboxylic acids is 1. The van der Waals surface area contributed by atoms with Gasteiger partial charge in [-0.15, -0.1) is 0 Å². The smallest absolute Gasteiger partial charge is 0.270 e. The molecule has 9 nitrogen and oxygen atoms in total. The quantitative estimate of drug-likeness (QED) is 0.335. The van der Waals surface area contributed by atoms with E-state index in [1.807, 2.05) is 0 Å². The minimum Gasteiger partial charge on any atom is -0.479 e. The second kappa shape index (κ2) is 9.88. The van der Waals surface area contributed by atoms with Crippen LogP contribution in [0.1, 0.15) is 6.92 Å². The first kappa shape index (κ1) is 22.9. The number of ether oxygens (including phenoxy) is 1. The van der Waals surface area contributed by atoms with E-state index in [9.17, 15) is 23.3 Å². The number of benzene rings is 2. The van der Waals surface area contributed by atoms with Crippen LogP contribution in [0.25, 0.3) is 0 Å². The Morgan fingerprint density at radius 2 is 1.90 bits per heavy atom. The predicted octanol–water partition coefficient (Wildman–Crippen LogP) is 2.76. The lowest BCUT2D eigenvalue weighted by molar-refractivity contribution is -0.385. The highest BCUT2D eigenvalue weighted by Crippen LogP contribution is 2.32. The van der Waals surface area contributed by atoms with Crippen LogP contribution in [-0.4, -0.2) is 38.4 Å². The van der Waals surface area contributed by atoms with Gasteiger partial charge >= 0.3 is 0 Å². The Morgan fingerprint density at radius 3 is 2.59 bits per heavy atom. The number of nitrogens with zero attached hydrogens (tertiary/aromatic N) is 1. The lowest BCUT2D eigenvalue weighted by atomic mass is 10.3. The summed E-state index contributed by atoms with van der Waals surface area (Å²) >= 11 is 11.9. The van der Waals surface area contributed by atoms with E-state index in [4.69, 9.17) is 27.9 Å². The summed E-state index contributed by atoms with van der Waals surface area (Å²) in [6.45, 7) is 1.35. The van der Waals surface area contributed by atoms with E-state index < -0.39 is 27.0 Å². The first-order valence-corrected chi connectivity index (χ1v) is 10.5. The van der Waals surface area contributed by atoms with Gasteiger partial charge in [0.15, 0.2) is 6.10 Å². The van der Waals surface area contributed by atoms with E-state index in [0.29, 0.717) is 0 Å². The average molecular weight is 462 g/mol. The van der Waals surface area contributed by atoms with Crippen LogP contribution in [0.2, 0.25) is 10.0 Å². The molecule has 2 rings (SSSR count). The molecule has 1 atom stereocenters. The molecule has 0 spiro atoms. The minimum absolute atomic E-state index is 0.0238. The largest absolute Gasteiger partial charge is 0.479 e. The maximum Gasteiger partial charge on any atom is 0.270 e. The number of non-ortho nitro benzene ring substituents is 1. The standard InChI is InChI=1S/C17H17Cl2N3O6S/c1-11(28-15-7-3-6-14(18)16(15)19)17(23)20-8-9-21-29(26,27)13-5-2-4-12(10-13)22(24)25/h2-7,10-11,21H,8-9H2,1H3,(H,20,23). The van der Waals surface area contributed by atoms with E-state index in [2.05, 4.69) is 10.0 Å². The average Bonchev–Trinajstić information content (AvgIpc) is 2.68. The summed E-state index contributed by atoms with van der Waals surface area (Å²) in [5, 5.41) is 13.7. The van der Waals surface area contributed by atoms with Crippen LogP contribution in [0, 0.1) is 10.1 Å². The van der Waals surface area contributed by atoms with Crippen LogP contribution in [0.15, 0.2) is 47.4 Å². The molecule has 0 saturated carbocycles. The number of nitrogens with one attached hydrogen (secondary N) is 2. The second-order valence-corrected chi connectivity index (χ2v) is 8.31. The third-order valence-electron chi connectivity index (χ3n) is 3.64. The lowest BCUT2D eigenvalue weighted by Gasteiger charge is -2.16. The molecule has 12 heteroatoms. The summed E-state index contributed by atoms with van der Waals surface area (Å²) in [6, 6.07) is 9.41. The van der Waals surface area contributed by atoms with Gasteiger partial charge in [0.05, 0.1) is 14.8 Å². The maximum absolute atomic E-state index is 12.2. The molecule has 2 aromatic carbocycles. The van der Waals surface area contributed by atoms with Gasteiger partial charge in [-0.25, -0.2) is 13.1 Å². The number of rotatable bonds is 9. The zero-order chi connectivity index (χ0) is 21.6. The van der Waals surface area contributed by atoms with Crippen molar-refractivity contribution in [1.29, 1.82) is 0 Å². The Bertz CT molecular complexity index is 1020. The summed E-state index contributed by atoms with van der Waals surface area (Å²) in [5.74, 6) is -0.246. The Hall–Kier alpha value is -2.40. The number of hydrogen-bond acceptors (Lipinski definition) is 6. The van der Waals surface area contributed by atoms with Crippen molar-refractivity contribution in [2.24, 2.45) is 0 Å². The topological polar surface area (TPSA) is 128 Å². The van der Waals surface area contributed by atoms with E-state index >= 15 is 0 Å². The van der Waals surface area contributed by atoms with Gasteiger partial charge in [0, 0.05) is 25.2 Å². The van der Waals surface area contributed by atoms with Crippen molar-refractivity contribution < 1.29 is 22.9 Å². The SMILES string of the molecule is CC(Oc1cccc(Cl)c1Cl)C(=O)NCCNS(=O)(=O)c1cccc([N+](=O)[O-])c1. The number of amides is 1. The Labute approximate surface area is 177 Å². The van der Waals surface area contributed by atoms with Gasteiger partial charge < -0.3 is 10.1 Å². The molecule has 1 amide bonds. The van der Waals surface area contributed by atoms with E-state index in [1.54, 1.807) is 18.2 Å². The zero-order valence-corrected chi connectivity index (χ0v) is 17.4. The third kappa shape index (κ3) is 6.29. The predicted molar refractivity (Wildman–Crippen MR) is 108 cm³/mol. The molecule has 0 bridgehead atoms. The molecule has 0 aliphatic heterocycles. The molecule has 0 fully saturated rings. The van der Waals surface area contributed by atoms with Gasteiger partial charge in [-0.1, -0.05) is 35.3 Å². The van der Waals surface area contributed by atoms with Crippen LogP contribution in [0.3, 0.4) is 0 Å². The van der Waals surface area contributed by atoms with Crippen LogP contribution in [-0.2, 0) is 14.8 Å². The van der Waals surface area contributed by atoms with E-state index in [-0.39, 0.29) is 39.5 Å². The molecule has 0 radical (unpaired) electrons. The fourth-order valence-corrected chi connectivity index (χ4v) is 3.59. The molecular formula is C17H17Cl2N3O6S. The monoisotopic (exact) mass is 461 g/mol. The maximum atomic E-state index is 12.2. The van der Waals surface area contributed by atoms with Crippen molar-refractivity contribution in [1.82, 2.24) is 10.0 Å². The Balaban J connectivity index is 1.86. The summed E-state index contributed by atoms with van der Waals surface area (Å²) in [6.07, 6.45) is -0.903. The van der Waals surface area contributed by atoms with Crippen molar-refractivity contribution in [2.75, 3.05) is 13.1 Å². The Kier molecular flexibility index (Phi) is 7.80. The van der Waals surface area contributed by atoms with Crippen molar-refractivity contribution >= 4 is 44.8 Å². The number of nitro groups is 1. The molecular weight excluding hydrogens is 445 g/mol. The van der Waals surface area contributed by atoms with Crippen LogP contribution >= 0.6 is 23.2 Å². The van der Waals surface area contributed by atoms with Gasteiger partial charge in [0.2, 0.25) is 10.0 Å². The molecule has 0 saturated heterocycles. The normalized spacial score (nSPS) is 12.2.